The van der Waals surface area contributed by atoms with E-state index < -0.39 is 5.82 Å². The van der Waals surface area contributed by atoms with Crippen LogP contribution in [-0.2, 0) is 17.9 Å². The summed E-state index contributed by atoms with van der Waals surface area (Å²) in [5.74, 6) is 0.225. The van der Waals surface area contributed by atoms with Crippen molar-refractivity contribution in [3.63, 3.8) is 0 Å². The molecule has 1 N–H and O–H groups in total. The molecule has 11 heteroatoms. The van der Waals surface area contributed by atoms with Crippen molar-refractivity contribution in [3.05, 3.63) is 75.8 Å². The van der Waals surface area contributed by atoms with Gasteiger partial charge in [-0.1, -0.05) is 52.6 Å². The second-order valence-electron chi connectivity index (χ2n) is 6.16. The molecule has 1 heterocycles. The van der Waals surface area contributed by atoms with Crippen LogP contribution in [0.2, 0.25) is 15.1 Å². The Morgan fingerprint density at radius 3 is 2.61 bits per heavy atom. The first kappa shape index (κ1) is 23.4. The fourth-order valence-electron chi connectivity index (χ4n) is 2.51. The number of allylic oxidation sites excluding steroid dienone is 1. The van der Waals surface area contributed by atoms with E-state index in [2.05, 4.69) is 22.1 Å². The third-order valence-electron chi connectivity index (χ3n) is 3.84. The predicted octanol–water partition coefficient (Wildman–Crippen LogP) is 5.87. The number of thioether (sulfide) groups is 1. The van der Waals surface area contributed by atoms with Gasteiger partial charge in [-0.05, 0) is 30.3 Å². The number of nitrogens with one attached hydrogen (secondary N) is 1. The lowest BCUT2D eigenvalue weighted by Crippen LogP contribution is -2.15. The molecule has 0 bridgehead atoms. The van der Waals surface area contributed by atoms with Crippen LogP contribution in [0.15, 0.2) is 54.2 Å². The number of halogens is 4. The maximum atomic E-state index is 13.3. The summed E-state index contributed by atoms with van der Waals surface area (Å²) in [6.07, 6.45) is 1.68. The maximum absolute atomic E-state index is 13.3. The highest BCUT2D eigenvalue weighted by Gasteiger charge is 2.15. The van der Waals surface area contributed by atoms with Crippen LogP contribution in [0.3, 0.4) is 0 Å². The molecule has 0 fully saturated rings. The summed E-state index contributed by atoms with van der Waals surface area (Å²) < 4.78 is 20.7. The van der Waals surface area contributed by atoms with Crippen LogP contribution in [-0.4, -0.2) is 26.4 Å². The third-order valence-corrected chi connectivity index (χ3v) is 5.54. The molecule has 162 valence electrons. The molecule has 0 aliphatic heterocycles. The first-order valence-electron chi connectivity index (χ1n) is 8.85. The van der Waals surface area contributed by atoms with Gasteiger partial charge in [0.15, 0.2) is 11.0 Å². The number of anilines is 1. The van der Waals surface area contributed by atoms with Crippen LogP contribution < -0.4 is 10.1 Å². The smallest absolute Gasteiger partial charge is 0.234 e. The lowest BCUT2D eigenvalue weighted by Gasteiger charge is -2.10. The molecule has 0 spiro atoms. The van der Waals surface area contributed by atoms with Gasteiger partial charge in [0.2, 0.25) is 5.91 Å². The molecule has 31 heavy (non-hydrogen) atoms. The highest BCUT2D eigenvalue weighted by atomic mass is 35.5. The van der Waals surface area contributed by atoms with Crippen LogP contribution in [0.1, 0.15) is 5.82 Å². The van der Waals surface area contributed by atoms with E-state index in [1.165, 1.54) is 30.0 Å². The summed E-state index contributed by atoms with van der Waals surface area (Å²) in [4.78, 5) is 12.3. The second-order valence-corrected chi connectivity index (χ2v) is 8.38. The van der Waals surface area contributed by atoms with Crippen molar-refractivity contribution < 1.29 is 13.9 Å². The zero-order chi connectivity index (χ0) is 22.4. The Bertz CT molecular complexity index is 1090. The number of carbonyl (C=O) groups is 1. The van der Waals surface area contributed by atoms with Crippen LogP contribution in [0.4, 0.5) is 10.1 Å². The average Bonchev–Trinajstić information content (AvgIpc) is 3.08. The van der Waals surface area contributed by atoms with Gasteiger partial charge < -0.3 is 10.1 Å². The van der Waals surface area contributed by atoms with Crippen molar-refractivity contribution in [2.45, 2.75) is 18.3 Å². The van der Waals surface area contributed by atoms with Crippen molar-refractivity contribution in [2.75, 3.05) is 11.1 Å². The second kappa shape index (κ2) is 10.9. The van der Waals surface area contributed by atoms with Gasteiger partial charge in [0.1, 0.15) is 18.2 Å². The van der Waals surface area contributed by atoms with Gasteiger partial charge in [0, 0.05) is 28.3 Å². The summed E-state index contributed by atoms with van der Waals surface area (Å²) in [5.41, 5.74) is 0.503. The Balaban J connectivity index is 1.63. The predicted molar refractivity (Wildman–Crippen MR) is 122 cm³/mol. The van der Waals surface area contributed by atoms with Crippen LogP contribution in [0.5, 0.6) is 5.75 Å². The zero-order valence-electron chi connectivity index (χ0n) is 15.9. The van der Waals surface area contributed by atoms with E-state index in [1.54, 1.807) is 28.8 Å². The minimum atomic E-state index is -0.527. The zero-order valence-corrected chi connectivity index (χ0v) is 19.0. The molecular weight excluding hydrogens is 486 g/mol. The van der Waals surface area contributed by atoms with Gasteiger partial charge in [0.25, 0.3) is 0 Å². The Kier molecular flexibility index (Phi) is 8.20. The van der Waals surface area contributed by atoms with Crippen molar-refractivity contribution >= 4 is 58.2 Å². The normalized spacial score (nSPS) is 10.7. The number of nitrogens with zero attached hydrogens (tertiary/aromatic N) is 3. The molecule has 0 radical (unpaired) electrons. The van der Waals surface area contributed by atoms with E-state index in [0.717, 1.165) is 0 Å². The van der Waals surface area contributed by atoms with Gasteiger partial charge in [-0.15, -0.1) is 16.8 Å². The molecule has 2 aromatic carbocycles. The van der Waals surface area contributed by atoms with Gasteiger partial charge in [-0.3, -0.25) is 9.36 Å². The Labute approximate surface area is 197 Å². The number of amides is 1. The first-order valence-corrected chi connectivity index (χ1v) is 11.0. The molecular formula is C20H16Cl3FN4O2S. The largest absolute Gasteiger partial charge is 0.486 e. The summed E-state index contributed by atoms with van der Waals surface area (Å²) in [6.45, 7) is 4.24. The van der Waals surface area contributed by atoms with Crippen LogP contribution in [0.25, 0.3) is 0 Å². The number of hydrogen-bond donors (Lipinski definition) is 1. The number of carbonyl (C=O) groups excluding carboxylic acids is 1. The molecule has 0 saturated carbocycles. The van der Waals surface area contributed by atoms with E-state index in [4.69, 9.17) is 39.5 Å². The van der Waals surface area contributed by atoms with E-state index in [0.29, 0.717) is 39.0 Å². The van der Waals surface area contributed by atoms with Gasteiger partial charge in [-0.2, -0.15) is 0 Å². The van der Waals surface area contributed by atoms with Crippen molar-refractivity contribution in [2.24, 2.45) is 0 Å². The van der Waals surface area contributed by atoms with Crippen molar-refractivity contribution in [3.8, 4) is 5.75 Å². The molecule has 0 aliphatic carbocycles. The first-order chi connectivity index (χ1) is 14.9. The van der Waals surface area contributed by atoms with E-state index >= 15 is 0 Å². The number of ether oxygens (including phenoxy) is 1. The number of benzene rings is 2. The minimum Gasteiger partial charge on any atom is -0.486 e. The molecule has 1 aromatic heterocycles. The van der Waals surface area contributed by atoms with Crippen LogP contribution >= 0.6 is 46.6 Å². The lowest BCUT2D eigenvalue weighted by molar-refractivity contribution is -0.113. The number of aromatic nitrogens is 3. The Hall–Kier alpha value is -2.26. The SMILES string of the molecule is C=CCn1c(COc2ccc(F)c(Cl)c2)nnc1SCC(=O)Nc1cc(Cl)cc(Cl)c1. The van der Waals surface area contributed by atoms with E-state index in [-0.39, 0.29) is 23.3 Å². The van der Waals surface area contributed by atoms with Gasteiger partial charge in [-0.25, -0.2) is 4.39 Å². The molecule has 0 unspecified atom stereocenters. The fourth-order valence-corrected chi connectivity index (χ4v) is 3.98. The summed E-state index contributed by atoms with van der Waals surface area (Å²) >= 11 is 18.9. The molecule has 3 aromatic rings. The molecule has 0 aliphatic rings. The molecule has 0 atom stereocenters. The molecule has 0 saturated heterocycles. The third kappa shape index (κ3) is 6.61. The molecule has 6 nitrogen and oxygen atoms in total. The maximum Gasteiger partial charge on any atom is 0.234 e. The van der Waals surface area contributed by atoms with E-state index in [1.807, 2.05) is 0 Å². The Morgan fingerprint density at radius 2 is 1.94 bits per heavy atom. The monoisotopic (exact) mass is 500 g/mol. The minimum absolute atomic E-state index is 0.0340. The number of hydrogen-bond acceptors (Lipinski definition) is 5. The van der Waals surface area contributed by atoms with Crippen molar-refractivity contribution in [1.29, 1.82) is 0 Å². The van der Waals surface area contributed by atoms with Crippen molar-refractivity contribution in [1.82, 2.24) is 14.8 Å². The highest BCUT2D eigenvalue weighted by molar-refractivity contribution is 7.99. The van der Waals surface area contributed by atoms with Gasteiger partial charge in [0.05, 0.1) is 10.8 Å². The summed E-state index contributed by atoms with van der Waals surface area (Å²) in [6, 6.07) is 8.86. The number of rotatable bonds is 9. The lowest BCUT2D eigenvalue weighted by atomic mass is 10.3. The highest BCUT2D eigenvalue weighted by Crippen LogP contribution is 2.24. The van der Waals surface area contributed by atoms with E-state index in [9.17, 15) is 9.18 Å². The molecule has 1 amide bonds. The van der Waals surface area contributed by atoms with Crippen LogP contribution in [0, 0.1) is 5.82 Å². The average molecular weight is 502 g/mol. The quantitative estimate of drug-likeness (QED) is 0.293. The fraction of sp³-hybridized carbons (Fsp3) is 0.150. The topological polar surface area (TPSA) is 69.0 Å². The summed E-state index contributed by atoms with van der Waals surface area (Å²) in [5, 5.41) is 12.3. The Morgan fingerprint density at radius 1 is 1.19 bits per heavy atom. The van der Waals surface area contributed by atoms with Gasteiger partial charge >= 0.3 is 0 Å². The standard InChI is InChI=1S/C20H16Cl3FN4O2S/c1-2-5-28-18(10-30-15-3-4-17(24)16(23)9-15)26-27-20(28)31-11-19(29)25-14-7-12(21)6-13(22)8-14/h2-4,6-9H,1,5,10-11H2,(H,25,29). The molecule has 3 rings (SSSR count). The summed E-state index contributed by atoms with van der Waals surface area (Å²) in [7, 11) is 0.